The van der Waals surface area contributed by atoms with E-state index in [1.54, 1.807) is 0 Å². The van der Waals surface area contributed by atoms with E-state index >= 15 is 0 Å². The van der Waals surface area contributed by atoms with Crippen LogP contribution >= 0.6 is 0 Å². The first-order chi connectivity index (χ1) is 4.57. The topological polar surface area (TPSA) is 15.3 Å². The number of rotatable bonds is 3. The first-order valence-corrected chi connectivity index (χ1v) is 3.41. The van der Waals surface area contributed by atoms with Gasteiger partial charge in [-0.05, 0) is 13.8 Å². The summed E-state index contributed by atoms with van der Waals surface area (Å²) in [7, 11) is 3.92. The highest BCUT2D eigenvalue weighted by Gasteiger charge is 1.97. The molecule has 0 aliphatic carbocycles. The Hall–Kier alpha value is -0.880. The van der Waals surface area contributed by atoms with Crippen molar-refractivity contribution in [3.8, 4) is 0 Å². The molecule has 0 heterocycles. The summed E-state index contributed by atoms with van der Waals surface area (Å²) < 4.78 is 0. The van der Waals surface area contributed by atoms with Crippen molar-refractivity contribution in [3.63, 3.8) is 0 Å². The van der Waals surface area contributed by atoms with E-state index in [1.165, 1.54) is 0 Å². The predicted molar refractivity (Wildman–Crippen MR) is 44.6 cm³/mol. The fourth-order valence-corrected chi connectivity index (χ4v) is 0.612. The Morgan fingerprint density at radius 3 is 2.10 bits per heavy atom. The van der Waals surface area contributed by atoms with Crippen LogP contribution < -0.4 is 5.32 Å². The third-order valence-corrected chi connectivity index (χ3v) is 1.04. The second-order valence-corrected chi connectivity index (χ2v) is 2.72. The molecule has 2 nitrogen and oxygen atoms in total. The molecule has 0 aliphatic rings. The number of nitrogens with one attached hydrogen (secondary N) is 1. The Labute approximate surface area is 63.2 Å². The summed E-state index contributed by atoms with van der Waals surface area (Å²) in [5.74, 6) is 0.940. The van der Waals surface area contributed by atoms with Gasteiger partial charge in [0.25, 0.3) is 0 Å². The molecule has 0 aliphatic heterocycles. The zero-order valence-corrected chi connectivity index (χ0v) is 7.23. The third-order valence-electron chi connectivity index (χ3n) is 1.04. The van der Waals surface area contributed by atoms with Gasteiger partial charge in [-0.2, -0.15) is 0 Å². The lowest BCUT2D eigenvalue weighted by molar-refractivity contribution is 0.442. The van der Waals surface area contributed by atoms with Crippen molar-refractivity contribution in [1.82, 2.24) is 10.2 Å². The van der Waals surface area contributed by atoms with E-state index in [0.29, 0.717) is 6.04 Å². The van der Waals surface area contributed by atoms with E-state index in [-0.39, 0.29) is 0 Å². The molecule has 0 bridgehead atoms. The van der Waals surface area contributed by atoms with Crippen molar-refractivity contribution in [2.24, 2.45) is 0 Å². The highest BCUT2D eigenvalue weighted by atomic mass is 15.2. The summed E-state index contributed by atoms with van der Waals surface area (Å²) >= 11 is 0. The molecule has 0 atom stereocenters. The Morgan fingerprint density at radius 1 is 1.50 bits per heavy atom. The summed E-state index contributed by atoms with van der Waals surface area (Å²) in [4.78, 5) is 1.95. The molecule has 10 heavy (non-hydrogen) atoms. The van der Waals surface area contributed by atoms with Gasteiger partial charge in [0.2, 0.25) is 0 Å². The SMILES string of the molecule is C=C=C(NC(C)C)N(C)C. The minimum absolute atomic E-state index is 0.437. The van der Waals surface area contributed by atoms with E-state index in [1.807, 2.05) is 19.0 Å². The van der Waals surface area contributed by atoms with Crippen LogP contribution in [0.5, 0.6) is 0 Å². The summed E-state index contributed by atoms with van der Waals surface area (Å²) in [5.41, 5.74) is 2.81. The molecule has 0 rings (SSSR count). The number of hydrogen-bond acceptors (Lipinski definition) is 2. The average molecular weight is 140 g/mol. The normalized spacial score (nSPS) is 8.90. The molecular weight excluding hydrogens is 124 g/mol. The first-order valence-electron chi connectivity index (χ1n) is 3.41. The van der Waals surface area contributed by atoms with E-state index in [0.717, 1.165) is 5.82 Å². The lowest BCUT2D eigenvalue weighted by Gasteiger charge is -2.18. The van der Waals surface area contributed by atoms with Crippen LogP contribution in [-0.2, 0) is 0 Å². The van der Waals surface area contributed by atoms with Crippen LogP contribution in [0.3, 0.4) is 0 Å². The van der Waals surface area contributed by atoms with E-state index in [9.17, 15) is 0 Å². The van der Waals surface area contributed by atoms with E-state index in [2.05, 4.69) is 31.5 Å². The zero-order chi connectivity index (χ0) is 8.15. The molecule has 0 aromatic carbocycles. The molecule has 0 unspecified atom stereocenters. The van der Waals surface area contributed by atoms with Gasteiger partial charge >= 0.3 is 0 Å². The molecular formula is C8H16N2. The van der Waals surface area contributed by atoms with Crippen LogP contribution in [0.4, 0.5) is 0 Å². The Morgan fingerprint density at radius 2 is 2.00 bits per heavy atom. The van der Waals surface area contributed by atoms with Gasteiger partial charge in [-0.3, -0.25) is 0 Å². The van der Waals surface area contributed by atoms with Gasteiger partial charge in [0.1, 0.15) is 5.82 Å². The summed E-state index contributed by atoms with van der Waals surface area (Å²) in [6.45, 7) is 7.74. The lowest BCUT2D eigenvalue weighted by atomic mass is 10.4. The maximum atomic E-state index is 3.57. The number of nitrogens with zero attached hydrogens (tertiary/aromatic N) is 1. The van der Waals surface area contributed by atoms with Crippen LogP contribution in [-0.4, -0.2) is 25.0 Å². The van der Waals surface area contributed by atoms with Crippen molar-refractivity contribution < 1.29 is 0 Å². The van der Waals surface area contributed by atoms with E-state index < -0.39 is 0 Å². The molecule has 0 aromatic rings. The molecule has 0 amide bonds. The fraction of sp³-hybridized carbons (Fsp3) is 0.625. The minimum Gasteiger partial charge on any atom is -0.363 e. The highest BCUT2D eigenvalue weighted by molar-refractivity contribution is 4.94. The Bertz CT molecular complexity index is 141. The van der Waals surface area contributed by atoms with Gasteiger partial charge < -0.3 is 10.2 Å². The largest absolute Gasteiger partial charge is 0.363 e. The summed E-state index contributed by atoms with van der Waals surface area (Å²) in [6.07, 6.45) is 0. The number of hydrogen-bond donors (Lipinski definition) is 1. The highest BCUT2D eigenvalue weighted by Crippen LogP contribution is 1.91. The summed E-state index contributed by atoms with van der Waals surface area (Å²) in [5, 5.41) is 3.20. The molecule has 0 saturated carbocycles. The Kier molecular flexibility index (Phi) is 3.67. The third kappa shape index (κ3) is 3.21. The van der Waals surface area contributed by atoms with Crippen molar-refractivity contribution in [1.29, 1.82) is 0 Å². The van der Waals surface area contributed by atoms with Gasteiger partial charge in [-0.15, -0.1) is 0 Å². The van der Waals surface area contributed by atoms with Gasteiger partial charge in [-0.1, -0.05) is 12.3 Å². The van der Waals surface area contributed by atoms with Crippen molar-refractivity contribution >= 4 is 0 Å². The van der Waals surface area contributed by atoms with Gasteiger partial charge in [0.05, 0.1) is 0 Å². The molecule has 58 valence electrons. The molecule has 0 radical (unpaired) electrons. The van der Waals surface area contributed by atoms with Crippen molar-refractivity contribution in [3.05, 3.63) is 18.1 Å². The van der Waals surface area contributed by atoms with Gasteiger partial charge in [-0.25, -0.2) is 0 Å². The monoisotopic (exact) mass is 140 g/mol. The van der Waals surface area contributed by atoms with Crippen LogP contribution in [0.15, 0.2) is 18.1 Å². The average Bonchev–Trinajstić information content (AvgIpc) is 1.81. The standard InChI is InChI=1S/C8H16N2/c1-6-8(10(4)5)9-7(2)3/h7,9H,1H2,2-5H3. The minimum atomic E-state index is 0.437. The zero-order valence-electron chi connectivity index (χ0n) is 7.23. The molecule has 2 heteroatoms. The quantitative estimate of drug-likeness (QED) is 0.592. The van der Waals surface area contributed by atoms with Crippen LogP contribution in [0.1, 0.15) is 13.8 Å². The molecule has 0 aromatic heterocycles. The molecule has 0 fully saturated rings. The maximum absolute atomic E-state index is 3.57. The maximum Gasteiger partial charge on any atom is 0.145 e. The van der Waals surface area contributed by atoms with E-state index in [4.69, 9.17) is 0 Å². The lowest BCUT2D eigenvalue weighted by Crippen LogP contribution is -2.30. The second kappa shape index (κ2) is 4.02. The van der Waals surface area contributed by atoms with Crippen LogP contribution in [0.2, 0.25) is 0 Å². The Balaban J connectivity index is 3.99. The van der Waals surface area contributed by atoms with Crippen LogP contribution in [0.25, 0.3) is 0 Å². The van der Waals surface area contributed by atoms with Crippen LogP contribution in [0, 0.1) is 0 Å². The molecule has 1 N–H and O–H groups in total. The smallest absolute Gasteiger partial charge is 0.145 e. The second-order valence-electron chi connectivity index (χ2n) is 2.72. The molecule has 0 spiro atoms. The fourth-order valence-electron chi connectivity index (χ4n) is 0.612. The van der Waals surface area contributed by atoms with Gasteiger partial charge in [0.15, 0.2) is 0 Å². The first kappa shape index (κ1) is 9.12. The molecule has 0 saturated heterocycles. The van der Waals surface area contributed by atoms with Gasteiger partial charge in [0, 0.05) is 20.1 Å². The van der Waals surface area contributed by atoms with Crippen molar-refractivity contribution in [2.45, 2.75) is 19.9 Å². The predicted octanol–water partition coefficient (Wildman–Crippen LogP) is 1.17. The van der Waals surface area contributed by atoms with Crippen molar-refractivity contribution in [2.75, 3.05) is 14.1 Å². The summed E-state index contributed by atoms with van der Waals surface area (Å²) in [6, 6.07) is 0.437.